The quantitative estimate of drug-likeness (QED) is 0.848. The van der Waals surface area contributed by atoms with E-state index >= 15 is 0 Å². The summed E-state index contributed by atoms with van der Waals surface area (Å²) in [6.45, 7) is 5.39. The van der Waals surface area contributed by atoms with Crippen LogP contribution in [0, 0.1) is 0 Å². The summed E-state index contributed by atoms with van der Waals surface area (Å²) < 4.78 is 11.1. The molecule has 0 aliphatic carbocycles. The van der Waals surface area contributed by atoms with Crippen molar-refractivity contribution in [2.75, 3.05) is 13.7 Å². The van der Waals surface area contributed by atoms with Crippen molar-refractivity contribution < 1.29 is 9.47 Å². The highest BCUT2D eigenvalue weighted by atomic mass is 32.1. The Morgan fingerprint density at radius 2 is 2.05 bits per heavy atom. The van der Waals surface area contributed by atoms with Gasteiger partial charge in [0.2, 0.25) is 0 Å². The first-order valence-corrected chi connectivity index (χ1v) is 8.04. The number of rotatable bonds is 7. The molecule has 0 fully saturated rings. The second-order valence-electron chi connectivity index (χ2n) is 4.66. The van der Waals surface area contributed by atoms with E-state index in [9.17, 15) is 0 Å². The van der Waals surface area contributed by atoms with E-state index in [0.717, 1.165) is 45.5 Å². The Morgan fingerprint density at radius 1 is 1.24 bits per heavy atom. The first-order valence-electron chi connectivity index (χ1n) is 7.23. The lowest BCUT2D eigenvalue weighted by atomic mass is 10.2. The summed E-state index contributed by atoms with van der Waals surface area (Å²) in [4.78, 5) is 5.84. The molecule has 2 aromatic rings. The van der Waals surface area contributed by atoms with Crippen molar-refractivity contribution in [3.63, 3.8) is 0 Å². The summed E-state index contributed by atoms with van der Waals surface area (Å²) >= 11 is 1.65. The highest BCUT2D eigenvalue weighted by Crippen LogP contribution is 2.35. The molecular weight excluding hydrogens is 284 g/mol. The van der Waals surface area contributed by atoms with E-state index in [4.69, 9.17) is 15.2 Å². The molecule has 21 heavy (non-hydrogen) atoms. The summed E-state index contributed by atoms with van der Waals surface area (Å²) in [6.07, 6.45) is 1.86. The zero-order valence-electron chi connectivity index (χ0n) is 12.8. The van der Waals surface area contributed by atoms with Crippen molar-refractivity contribution >= 4 is 11.3 Å². The van der Waals surface area contributed by atoms with E-state index in [1.165, 1.54) is 0 Å². The number of benzene rings is 1. The first kappa shape index (κ1) is 15.8. The molecule has 0 radical (unpaired) electrons. The third-order valence-electron chi connectivity index (χ3n) is 3.17. The molecule has 114 valence electrons. The van der Waals surface area contributed by atoms with E-state index in [0.29, 0.717) is 13.2 Å². The van der Waals surface area contributed by atoms with E-state index in [1.54, 1.807) is 18.4 Å². The van der Waals surface area contributed by atoms with Gasteiger partial charge in [-0.1, -0.05) is 13.8 Å². The van der Waals surface area contributed by atoms with Crippen LogP contribution in [-0.4, -0.2) is 18.7 Å². The molecule has 0 amide bonds. The molecule has 0 aliphatic heterocycles. The molecule has 1 aromatic heterocycles. The molecular formula is C16H22N2O2S. The number of methoxy groups -OCH3 is 1. The molecule has 0 unspecified atom stereocenters. The van der Waals surface area contributed by atoms with Crippen LogP contribution in [0.25, 0.3) is 10.6 Å². The number of aromatic nitrogens is 1. The molecule has 1 heterocycles. The maximum atomic E-state index is 5.78. The Balaban J connectivity index is 2.37. The zero-order valence-corrected chi connectivity index (χ0v) is 13.6. The van der Waals surface area contributed by atoms with E-state index in [1.807, 2.05) is 18.2 Å². The lowest BCUT2D eigenvalue weighted by Gasteiger charge is -2.10. The summed E-state index contributed by atoms with van der Waals surface area (Å²) in [5.41, 5.74) is 7.91. The Kier molecular flexibility index (Phi) is 5.59. The second kappa shape index (κ2) is 7.43. The number of ether oxygens (including phenoxy) is 2. The average Bonchev–Trinajstić information content (AvgIpc) is 2.95. The van der Waals surface area contributed by atoms with Crippen LogP contribution in [0.15, 0.2) is 18.2 Å². The number of nitrogens with two attached hydrogens (primary N) is 1. The van der Waals surface area contributed by atoms with Crippen LogP contribution < -0.4 is 15.2 Å². The van der Waals surface area contributed by atoms with Crippen LogP contribution >= 0.6 is 11.3 Å². The molecule has 2 rings (SSSR count). The van der Waals surface area contributed by atoms with Crippen LogP contribution in [0.1, 0.15) is 30.8 Å². The van der Waals surface area contributed by atoms with E-state index in [-0.39, 0.29) is 0 Å². The second-order valence-corrected chi connectivity index (χ2v) is 5.74. The minimum atomic E-state index is 0.538. The molecule has 5 heteroatoms. The Bertz CT molecular complexity index is 574. The first-order chi connectivity index (χ1) is 10.2. The monoisotopic (exact) mass is 306 g/mol. The predicted molar refractivity (Wildman–Crippen MR) is 87.2 cm³/mol. The van der Waals surface area contributed by atoms with Crippen LogP contribution in [-0.2, 0) is 13.0 Å². The van der Waals surface area contributed by atoms with Crippen molar-refractivity contribution in [1.29, 1.82) is 0 Å². The largest absolute Gasteiger partial charge is 0.493 e. The zero-order chi connectivity index (χ0) is 15.2. The molecule has 1 aromatic carbocycles. The van der Waals surface area contributed by atoms with Gasteiger partial charge in [-0.2, -0.15) is 0 Å². The number of hydrogen-bond donors (Lipinski definition) is 1. The van der Waals surface area contributed by atoms with Crippen molar-refractivity contribution in [3.05, 3.63) is 28.8 Å². The molecule has 0 aliphatic rings. The number of aryl methyl sites for hydroxylation is 1. The van der Waals surface area contributed by atoms with Crippen LogP contribution in [0.3, 0.4) is 0 Å². The van der Waals surface area contributed by atoms with Crippen molar-refractivity contribution in [2.24, 2.45) is 5.73 Å². The SMILES string of the molecule is CCCOc1cc(-c2nc(CC)c(CN)s2)ccc1OC. The third kappa shape index (κ3) is 3.54. The summed E-state index contributed by atoms with van der Waals surface area (Å²) in [7, 11) is 1.65. The average molecular weight is 306 g/mol. The fourth-order valence-electron chi connectivity index (χ4n) is 2.08. The van der Waals surface area contributed by atoms with Gasteiger partial charge in [0, 0.05) is 17.0 Å². The number of hydrogen-bond acceptors (Lipinski definition) is 5. The fourth-order valence-corrected chi connectivity index (χ4v) is 3.10. The standard InChI is InChI=1S/C16H22N2O2S/c1-4-8-20-14-9-11(6-7-13(14)19-3)16-18-12(5-2)15(10-17)21-16/h6-7,9H,4-5,8,10,17H2,1-3H3. The topological polar surface area (TPSA) is 57.4 Å². The van der Waals surface area contributed by atoms with E-state index in [2.05, 4.69) is 18.8 Å². The maximum absolute atomic E-state index is 5.78. The fraction of sp³-hybridized carbons (Fsp3) is 0.438. The maximum Gasteiger partial charge on any atom is 0.161 e. The predicted octanol–water partition coefficient (Wildman–Crippen LogP) is 3.63. The van der Waals surface area contributed by atoms with Gasteiger partial charge in [-0.3, -0.25) is 0 Å². The third-order valence-corrected chi connectivity index (χ3v) is 4.34. The lowest BCUT2D eigenvalue weighted by molar-refractivity contribution is 0.294. The molecule has 0 bridgehead atoms. The van der Waals surface area contributed by atoms with Gasteiger partial charge in [0.05, 0.1) is 19.4 Å². The molecule has 0 saturated carbocycles. The van der Waals surface area contributed by atoms with Gasteiger partial charge in [-0.15, -0.1) is 11.3 Å². The Hall–Kier alpha value is -1.59. The van der Waals surface area contributed by atoms with Gasteiger partial charge in [0.1, 0.15) is 5.01 Å². The van der Waals surface area contributed by atoms with Gasteiger partial charge >= 0.3 is 0 Å². The van der Waals surface area contributed by atoms with Crippen molar-refractivity contribution in [1.82, 2.24) is 4.98 Å². The van der Waals surface area contributed by atoms with Gasteiger partial charge in [-0.05, 0) is 31.0 Å². The smallest absolute Gasteiger partial charge is 0.161 e. The molecule has 0 saturated heterocycles. The summed E-state index contributed by atoms with van der Waals surface area (Å²) in [6, 6.07) is 5.93. The summed E-state index contributed by atoms with van der Waals surface area (Å²) in [5, 5.41) is 0.983. The van der Waals surface area contributed by atoms with Crippen molar-refractivity contribution in [2.45, 2.75) is 33.2 Å². The van der Waals surface area contributed by atoms with Gasteiger partial charge in [0.25, 0.3) is 0 Å². The van der Waals surface area contributed by atoms with Crippen molar-refractivity contribution in [3.8, 4) is 22.1 Å². The molecule has 4 nitrogen and oxygen atoms in total. The Labute approximate surface area is 129 Å². The molecule has 0 atom stereocenters. The van der Waals surface area contributed by atoms with Crippen LogP contribution in [0.5, 0.6) is 11.5 Å². The minimum absolute atomic E-state index is 0.538. The van der Waals surface area contributed by atoms with Crippen LogP contribution in [0.2, 0.25) is 0 Å². The normalized spacial score (nSPS) is 10.7. The lowest BCUT2D eigenvalue weighted by Crippen LogP contribution is -1.98. The molecule has 2 N–H and O–H groups in total. The minimum Gasteiger partial charge on any atom is -0.493 e. The number of thiazole rings is 1. The highest BCUT2D eigenvalue weighted by molar-refractivity contribution is 7.15. The van der Waals surface area contributed by atoms with Crippen LogP contribution in [0.4, 0.5) is 0 Å². The van der Waals surface area contributed by atoms with Gasteiger partial charge < -0.3 is 15.2 Å². The summed E-state index contributed by atoms with van der Waals surface area (Å²) in [5.74, 6) is 1.51. The highest BCUT2D eigenvalue weighted by Gasteiger charge is 2.13. The Morgan fingerprint density at radius 3 is 2.62 bits per heavy atom. The number of nitrogens with zero attached hydrogens (tertiary/aromatic N) is 1. The molecule has 0 spiro atoms. The van der Waals surface area contributed by atoms with E-state index < -0.39 is 0 Å². The van der Waals surface area contributed by atoms with Gasteiger partial charge in [-0.25, -0.2) is 4.98 Å². The van der Waals surface area contributed by atoms with Gasteiger partial charge in [0.15, 0.2) is 11.5 Å².